The van der Waals surface area contributed by atoms with Gasteiger partial charge in [0.2, 0.25) is 0 Å². The molecule has 3 N–H and O–H groups in total. The van der Waals surface area contributed by atoms with Crippen molar-refractivity contribution in [3.05, 3.63) is 29.8 Å². The number of benzene rings is 1. The van der Waals surface area contributed by atoms with Crippen LogP contribution in [0.15, 0.2) is 29.3 Å². The fourth-order valence-corrected chi connectivity index (χ4v) is 4.28. The quantitative estimate of drug-likeness (QED) is 0.589. The number of nitrogens with zero attached hydrogens (tertiary/aromatic N) is 1. The average Bonchev–Trinajstić information content (AvgIpc) is 2.85. The lowest BCUT2D eigenvalue weighted by molar-refractivity contribution is 0.414. The fourth-order valence-electron chi connectivity index (χ4n) is 2.43. The molecule has 0 aromatic heterocycles. The first-order valence-electron chi connectivity index (χ1n) is 7.35. The SMILES string of the molecule is COc1ccc(CCNC(N)=NCC2CCS(=O)(=O)C2)cc1. The van der Waals surface area contributed by atoms with Crippen LogP contribution in [0.2, 0.25) is 0 Å². The van der Waals surface area contributed by atoms with E-state index >= 15 is 0 Å². The minimum absolute atomic E-state index is 0.104. The number of nitrogens with one attached hydrogen (secondary N) is 1. The van der Waals surface area contributed by atoms with Crippen molar-refractivity contribution in [2.75, 3.05) is 31.7 Å². The summed E-state index contributed by atoms with van der Waals surface area (Å²) in [4.78, 5) is 4.23. The van der Waals surface area contributed by atoms with E-state index in [0.29, 0.717) is 25.5 Å². The van der Waals surface area contributed by atoms with Gasteiger partial charge < -0.3 is 15.8 Å². The molecule has 2 rings (SSSR count). The molecule has 0 spiro atoms. The molecule has 1 aliphatic heterocycles. The Bertz CT molecular complexity index is 611. The van der Waals surface area contributed by atoms with Gasteiger partial charge in [-0.25, -0.2) is 8.42 Å². The summed E-state index contributed by atoms with van der Waals surface area (Å²) in [7, 11) is -1.20. The van der Waals surface area contributed by atoms with Gasteiger partial charge in [-0.2, -0.15) is 0 Å². The molecule has 22 heavy (non-hydrogen) atoms. The van der Waals surface area contributed by atoms with E-state index in [1.807, 2.05) is 24.3 Å². The second-order valence-electron chi connectivity index (χ2n) is 5.52. The zero-order valence-corrected chi connectivity index (χ0v) is 13.6. The molecule has 122 valence electrons. The van der Waals surface area contributed by atoms with E-state index in [1.165, 1.54) is 5.56 Å². The highest BCUT2D eigenvalue weighted by Crippen LogP contribution is 2.18. The van der Waals surface area contributed by atoms with Crippen LogP contribution in [0.4, 0.5) is 0 Å². The fraction of sp³-hybridized carbons (Fsp3) is 0.533. The third kappa shape index (κ3) is 5.22. The minimum atomic E-state index is -2.84. The largest absolute Gasteiger partial charge is 0.497 e. The maximum Gasteiger partial charge on any atom is 0.188 e. The van der Waals surface area contributed by atoms with Crippen molar-refractivity contribution in [2.24, 2.45) is 16.6 Å². The Labute approximate surface area is 131 Å². The Kier molecular flexibility index (Phi) is 5.65. The summed E-state index contributed by atoms with van der Waals surface area (Å²) in [6.45, 7) is 1.16. The van der Waals surface area contributed by atoms with Crippen LogP contribution in [0.5, 0.6) is 5.75 Å². The first-order valence-corrected chi connectivity index (χ1v) is 9.18. The third-order valence-corrected chi connectivity index (χ3v) is 5.56. The predicted octanol–water partition coefficient (Wildman–Crippen LogP) is 0.577. The summed E-state index contributed by atoms with van der Waals surface area (Å²) in [5, 5.41) is 3.05. The molecule has 0 bridgehead atoms. The van der Waals surface area contributed by atoms with Crippen molar-refractivity contribution in [2.45, 2.75) is 12.8 Å². The van der Waals surface area contributed by atoms with E-state index in [0.717, 1.165) is 12.2 Å². The van der Waals surface area contributed by atoms with Gasteiger partial charge in [-0.3, -0.25) is 4.99 Å². The number of sulfone groups is 1. The highest BCUT2D eigenvalue weighted by atomic mass is 32.2. The summed E-state index contributed by atoms with van der Waals surface area (Å²) in [6.07, 6.45) is 1.52. The lowest BCUT2D eigenvalue weighted by Crippen LogP contribution is -2.33. The summed E-state index contributed by atoms with van der Waals surface area (Å²) < 4.78 is 27.8. The molecule has 0 saturated carbocycles. The molecule has 1 aromatic carbocycles. The van der Waals surface area contributed by atoms with Gasteiger partial charge in [-0.05, 0) is 36.5 Å². The van der Waals surface area contributed by atoms with Crippen LogP contribution in [-0.2, 0) is 16.3 Å². The molecule has 1 aliphatic rings. The van der Waals surface area contributed by atoms with Crippen LogP contribution >= 0.6 is 0 Å². The smallest absolute Gasteiger partial charge is 0.188 e. The van der Waals surface area contributed by atoms with Crippen molar-refractivity contribution in [3.63, 3.8) is 0 Å². The summed E-state index contributed by atoms with van der Waals surface area (Å²) in [5.41, 5.74) is 6.98. The van der Waals surface area contributed by atoms with E-state index in [4.69, 9.17) is 10.5 Å². The van der Waals surface area contributed by atoms with Crippen LogP contribution in [0.3, 0.4) is 0 Å². The second kappa shape index (κ2) is 7.49. The summed E-state index contributed by atoms with van der Waals surface area (Å²) in [6, 6.07) is 7.87. The molecule has 0 radical (unpaired) electrons. The van der Waals surface area contributed by atoms with Crippen LogP contribution < -0.4 is 15.8 Å². The van der Waals surface area contributed by atoms with E-state index in [2.05, 4.69) is 10.3 Å². The first-order chi connectivity index (χ1) is 10.5. The Morgan fingerprint density at radius 1 is 1.41 bits per heavy atom. The van der Waals surface area contributed by atoms with Gasteiger partial charge >= 0.3 is 0 Å². The number of nitrogens with two attached hydrogens (primary N) is 1. The van der Waals surface area contributed by atoms with Crippen molar-refractivity contribution in [3.8, 4) is 5.75 Å². The maximum atomic E-state index is 11.4. The van der Waals surface area contributed by atoms with Crippen LogP contribution in [0, 0.1) is 5.92 Å². The van der Waals surface area contributed by atoms with Gasteiger partial charge in [0, 0.05) is 13.1 Å². The number of ether oxygens (including phenoxy) is 1. The molecule has 1 saturated heterocycles. The van der Waals surface area contributed by atoms with Crippen LogP contribution in [-0.4, -0.2) is 46.1 Å². The summed E-state index contributed by atoms with van der Waals surface area (Å²) in [5.74, 6) is 1.82. The Hall–Kier alpha value is -1.76. The monoisotopic (exact) mass is 325 g/mol. The summed E-state index contributed by atoms with van der Waals surface area (Å²) >= 11 is 0. The van der Waals surface area contributed by atoms with Crippen LogP contribution in [0.25, 0.3) is 0 Å². The van der Waals surface area contributed by atoms with Gasteiger partial charge in [0.05, 0.1) is 18.6 Å². The maximum absolute atomic E-state index is 11.4. The number of hydrogen-bond acceptors (Lipinski definition) is 4. The van der Waals surface area contributed by atoms with Gasteiger partial charge in [-0.15, -0.1) is 0 Å². The molecule has 1 unspecified atom stereocenters. The highest BCUT2D eigenvalue weighted by Gasteiger charge is 2.27. The number of hydrogen-bond donors (Lipinski definition) is 2. The molecular formula is C15H23N3O3S. The van der Waals surface area contributed by atoms with Gasteiger partial charge in [0.1, 0.15) is 5.75 Å². The topological polar surface area (TPSA) is 93.8 Å². The van der Waals surface area contributed by atoms with Gasteiger partial charge in [0.25, 0.3) is 0 Å². The van der Waals surface area contributed by atoms with E-state index in [1.54, 1.807) is 7.11 Å². The van der Waals surface area contributed by atoms with Crippen molar-refractivity contribution >= 4 is 15.8 Å². The predicted molar refractivity (Wildman–Crippen MR) is 88.0 cm³/mol. The molecule has 0 amide bonds. The normalized spacial score (nSPS) is 20.8. The Morgan fingerprint density at radius 2 is 2.14 bits per heavy atom. The van der Waals surface area contributed by atoms with Gasteiger partial charge in [-0.1, -0.05) is 12.1 Å². The minimum Gasteiger partial charge on any atom is -0.497 e. The van der Waals surface area contributed by atoms with Crippen LogP contribution in [0.1, 0.15) is 12.0 Å². The molecule has 1 atom stereocenters. The second-order valence-corrected chi connectivity index (χ2v) is 7.75. The highest BCUT2D eigenvalue weighted by molar-refractivity contribution is 7.91. The Balaban J connectivity index is 1.70. The molecule has 0 aliphatic carbocycles. The van der Waals surface area contributed by atoms with E-state index in [9.17, 15) is 8.42 Å². The zero-order valence-electron chi connectivity index (χ0n) is 12.8. The molecule has 1 fully saturated rings. The average molecular weight is 325 g/mol. The lowest BCUT2D eigenvalue weighted by atomic mass is 10.1. The van der Waals surface area contributed by atoms with Crippen molar-refractivity contribution < 1.29 is 13.2 Å². The first kappa shape index (κ1) is 16.6. The standard InChI is InChI=1S/C15H23N3O3S/c1-21-14-4-2-12(3-5-14)6-8-17-15(16)18-10-13-7-9-22(19,20)11-13/h2-5,13H,6-11H2,1H3,(H3,16,17,18). The van der Waals surface area contributed by atoms with Crippen molar-refractivity contribution in [1.82, 2.24) is 5.32 Å². The molecule has 1 aromatic rings. The zero-order chi connectivity index (χ0) is 16.0. The molecule has 7 heteroatoms. The molecular weight excluding hydrogens is 302 g/mol. The van der Waals surface area contributed by atoms with Gasteiger partial charge in [0.15, 0.2) is 15.8 Å². The number of rotatable bonds is 6. The Morgan fingerprint density at radius 3 is 2.73 bits per heavy atom. The lowest BCUT2D eigenvalue weighted by Gasteiger charge is -2.08. The number of guanidine groups is 1. The third-order valence-electron chi connectivity index (χ3n) is 3.73. The van der Waals surface area contributed by atoms with E-state index in [-0.39, 0.29) is 17.4 Å². The molecule has 6 nitrogen and oxygen atoms in total. The van der Waals surface area contributed by atoms with E-state index < -0.39 is 9.84 Å². The van der Waals surface area contributed by atoms with Crippen molar-refractivity contribution in [1.29, 1.82) is 0 Å². The molecule has 1 heterocycles. The number of methoxy groups -OCH3 is 1. The number of aliphatic imine (C=N–C) groups is 1.